The molecule has 648 valence electrons. The highest BCUT2D eigenvalue weighted by atomic mass is 35.5. The second-order valence-corrected chi connectivity index (χ2v) is 32.9. The highest BCUT2D eigenvalue weighted by Gasteiger charge is 2.36. The number of pyridine rings is 4. The number of ether oxygens (including phenoxy) is 4. The fraction of sp³-hybridized carbons (Fsp3) is 0.402. The van der Waals surface area contributed by atoms with Gasteiger partial charge in [0.2, 0.25) is 17.7 Å². The minimum atomic E-state index is -0.853. The number of carbonyl (C=O) groups is 4. The Labute approximate surface area is 738 Å². The van der Waals surface area contributed by atoms with Crippen LogP contribution in [0.1, 0.15) is 51.4 Å². The molecule has 0 saturated carbocycles. The Morgan fingerprint density at radius 1 is 0.407 bits per heavy atom. The predicted molar refractivity (Wildman–Crippen MR) is 481 cm³/mol. The third kappa shape index (κ3) is 22.0. The average Bonchev–Trinajstić information content (AvgIpc) is 1.64. The third-order valence-electron chi connectivity index (χ3n) is 22.8. The van der Waals surface area contributed by atoms with Crippen LogP contribution in [0.2, 0.25) is 20.1 Å². The molecule has 0 bridgehead atoms. The molecule has 0 aliphatic carbocycles. The summed E-state index contributed by atoms with van der Waals surface area (Å²) in [5, 5.41) is 44.6. The number of nitrogens with one attached hydrogen (secondary N) is 3. The van der Waals surface area contributed by atoms with Gasteiger partial charge in [0.15, 0.2) is 23.3 Å². The normalized spacial score (nSPS) is 18.7. The molecule has 18 rings (SSSR count). The van der Waals surface area contributed by atoms with Gasteiger partial charge in [-0.2, -0.15) is 0 Å². The van der Waals surface area contributed by atoms with Crippen LogP contribution >= 0.6 is 58.8 Å². The van der Waals surface area contributed by atoms with Crippen molar-refractivity contribution >= 4 is 149 Å². The van der Waals surface area contributed by atoms with Crippen LogP contribution in [0.4, 0.5) is 23.3 Å². The van der Waals surface area contributed by atoms with Crippen LogP contribution in [-0.2, 0) is 38.1 Å². The van der Waals surface area contributed by atoms with Gasteiger partial charge < -0.3 is 75.1 Å². The Morgan fingerprint density at radius 2 is 0.699 bits per heavy atom. The average molecular weight is 1780 g/mol. The monoisotopic (exact) mass is 1770 g/mol. The van der Waals surface area contributed by atoms with Crippen molar-refractivity contribution < 1.29 is 43.2 Å². The van der Waals surface area contributed by atoms with Crippen LogP contribution in [0, 0.1) is 5.92 Å². The number of rotatable bonds is 21. The van der Waals surface area contributed by atoms with E-state index in [1.165, 1.54) is 0 Å². The van der Waals surface area contributed by atoms with E-state index in [1.807, 2.05) is 153 Å². The lowest BCUT2D eigenvalue weighted by Crippen LogP contribution is -2.50. The van der Waals surface area contributed by atoms with E-state index in [9.17, 15) is 24.3 Å². The van der Waals surface area contributed by atoms with Crippen LogP contribution in [0.15, 0.2) is 171 Å². The van der Waals surface area contributed by atoms with Gasteiger partial charge in [-0.15, -0.1) is 32.8 Å². The number of likely N-dealkylation sites (tertiary alicyclic amines) is 2. The number of hydrogen-bond donors (Lipinski definition) is 5. The number of aromatic nitrogens is 12. The number of halogens is 5. The first-order chi connectivity index (χ1) is 59.5. The number of morpholine rings is 4. The van der Waals surface area contributed by atoms with Crippen molar-refractivity contribution in [2.45, 2.75) is 81.6 Å². The largest absolute Gasteiger partial charge is 0.481 e. The molecule has 3 amide bonds. The molecule has 8 aromatic heterocycles. The number of anilines is 4. The molecule has 14 heterocycles. The number of fused-ring (bicyclic) bond motifs is 4. The smallest absolute Gasteiger partial charge is 0.305 e. The molecule has 6 aliphatic heterocycles. The highest BCUT2D eigenvalue weighted by molar-refractivity contribution is 6.31. The first-order valence-corrected chi connectivity index (χ1v) is 42.8. The Kier molecular flexibility index (Phi) is 30.6. The second kappa shape index (κ2) is 42.3. The van der Waals surface area contributed by atoms with Crippen molar-refractivity contribution in [3.05, 3.63) is 191 Å². The van der Waals surface area contributed by atoms with E-state index in [-0.39, 0.29) is 66.8 Å². The summed E-state index contributed by atoms with van der Waals surface area (Å²) in [6.45, 7) is 12.7. The minimum absolute atomic E-state index is 0. The van der Waals surface area contributed by atoms with E-state index in [0.29, 0.717) is 137 Å². The number of carbonyl (C=O) groups excluding carboxylic acids is 3. The Morgan fingerprint density at radius 3 is 1.01 bits per heavy atom. The number of piperidine rings is 2. The van der Waals surface area contributed by atoms with Crippen LogP contribution < -0.4 is 41.3 Å². The van der Waals surface area contributed by atoms with Gasteiger partial charge >= 0.3 is 5.97 Å². The van der Waals surface area contributed by atoms with Crippen LogP contribution in [-0.4, -0.2) is 267 Å². The molecule has 31 nitrogen and oxygen atoms in total. The van der Waals surface area contributed by atoms with Gasteiger partial charge in [0.05, 0.1) is 153 Å². The summed E-state index contributed by atoms with van der Waals surface area (Å²) in [5.74, 6) is 3.07. The van der Waals surface area contributed by atoms with E-state index in [2.05, 4.69) is 74.5 Å². The van der Waals surface area contributed by atoms with Crippen LogP contribution in [0.5, 0.6) is 0 Å². The first kappa shape index (κ1) is 88.9. The molecule has 6 fully saturated rings. The van der Waals surface area contributed by atoms with E-state index < -0.39 is 5.97 Å². The molecule has 6 N–H and O–H groups in total. The van der Waals surface area contributed by atoms with Crippen LogP contribution in [0.3, 0.4) is 0 Å². The molecule has 6 saturated heterocycles. The lowest BCUT2D eigenvalue weighted by Gasteiger charge is -2.36. The van der Waals surface area contributed by atoms with Crippen LogP contribution in [0.25, 0.3) is 66.4 Å². The first-order valence-electron chi connectivity index (χ1n) is 41.3. The molecule has 4 aromatic carbocycles. The number of nitrogens with zero attached hydrogens (tertiary/aromatic N) is 18. The molecular formula is C87H101Cl5N22O9. The van der Waals surface area contributed by atoms with Crippen molar-refractivity contribution in [2.24, 2.45) is 11.7 Å². The summed E-state index contributed by atoms with van der Waals surface area (Å²) in [7, 11) is 4.28. The summed E-state index contributed by atoms with van der Waals surface area (Å²) in [5.41, 5.74) is 12.6. The maximum absolute atomic E-state index is 12.9. The lowest BCUT2D eigenvalue weighted by atomic mass is 9.97. The standard InChI is InChI=1S/C25H31ClN6O2.C24H29ClN6O2.C20H23ClN6O2.C18H17ClN4O3.ClH/c1-30-10-7-18(8-11-30)15-28-24(33)14-21-17-34-13-12-31(21)25-22-6-9-27-16-23(22)32(29-25)20-4-2-19(26)3-5-20;1-29-10-7-18(8-11-29)27-23(32)14-20-16-33-13-12-30(20)24-21-6-9-26-15-22(21)31(28-24)19-4-2-17(25)3-5-19;21-14-1-3-15(4-2-14)27-18-12-23-7-5-17(18)20(25-27)26-9-10-29-13-16(26)11-19(28)24-8-6-22;19-12-1-3-13(4-2-12)23-16-10-20-6-5-15(16)18(21-23)22-7-8-26-11-14(22)9-17(24)25;/h2-6,9,16,18,21H,7-8,10-15,17H2,1H3,(H,28,33);2-6,9,15,18,20H,7-8,10-14,16H2,1H3,(H,27,32);1-5,7,12,16H,6,8-11,13,22H2,(H,24,28);1-6,10,14H,7-9,11H2,(H,24,25);1H. The quantitative estimate of drug-likeness (QED) is 0.0446. The second-order valence-electron chi connectivity index (χ2n) is 31.2. The molecular weight excluding hydrogens is 1670 g/mol. The number of hydrogen-bond acceptors (Lipinski definition) is 23. The van der Waals surface area contributed by atoms with Gasteiger partial charge in [0.25, 0.3) is 0 Å². The van der Waals surface area contributed by atoms with Gasteiger partial charge in [-0.3, -0.25) is 39.1 Å². The highest BCUT2D eigenvalue weighted by Crippen LogP contribution is 2.37. The molecule has 0 spiro atoms. The minimum Gasteiger partial charge on any atom is -0.481 e. The summed E-state index contributed by atoms with van der Waals surface area (Å²) >= 11 is 24.2. The summed E-state index contributed by atoms with van der Waals surface area (Å²) in [4.78, 5) is 79.7. The number of carboxylic acid groups (broad SMARTS) is 1. The lowest BCUT2D eigenvalue weighted by molar-refractivity contribution is -0.138. The van der Waals surface area contributed by atoms with E-state index in [4.69, 9.17) is 91.5 Å². The van der Waals surface area contributed by atoms with Gasteiger partial charge in [-0.05, 0) is 193 Å². The zero-order valence-corrected chi connectivity index (χ0v) is 72.3. The Balaban J connectivity index is 0.000000134. The summed E-state index contributed by atoms with van der Waals surface area (Å²) < 4.78 is 30.1. The van der Waals surface area contributed by atoms with Gasteiger partial charge in [0, 0.05) is 138 Å². The maximum atomic E-state index is 12.9. The topological polar surface area (TPSA) is 330 Å². The van der Waals surface area contributed by atoms with E-state index in [1.54, 1.807) is 41.9 Å². The molecule has 12 aromatic rings. The van der Waals surface area contributed by atoms with Gasteiger partial charge in [-0.1, -0.05) is 46.4 Å². The zero-order chi connectivity index (χ0) is 84.6. The number of carboxylic acids is 1. The number of aliphatic carboxylic acids is 1. The van der Waals surface area contributed by atoms with Crippen molar-refractivity contribution in [1.82, 2.24) is 84.8 Å². The number of benzene rings is 4. The zero-order valence-electron chi connectivity index (χ0n) is 68.5. The van der Waals surface area contributed by atoms with E-state index >= 15 is 0 Å². The van der Waals surface area contributed by atoms with Crippen molar-refractivity contribution in [3.8, 4) is 22.7 Å². The molecule has 123 heavy (non-hydrogen) atoms. The molecule has 4 unspecified atom stereocenters. The molecule has 4 atom stereocenters. The predicted octanol–water partition coefficient (Wildman–Crippen LogP) is 10.9. The Hall–Kier alpha value is -10.4. The summed E-state index contributed by atoms with van der Waals surface area (Å²) in [6, 6.07) is 37.6. The SMILES string of the molecule is CN1CCC(CNC(=O)CC2COCCN2c2nn(-c3ccc(Cl)cc3)c3cnccc23)CC1.CN1CCC(NC(=O)CC2COCCN2c2nn(-c3ccc(Cl)cc3)c3cnccc23)CC1.Cl.NCCNC(=O)CC1COCCN1c1nn(-c2ccc(Cl)cc2)c2cnccc12.O=C(O)CC1COCCN1c1nn(-c2ccc(Cl)cc2)c2cnccc12. The molecule has 0 radical (unpaired) electrons. The molecule has 6 aliphatic rings. The number of amides is 3. The number of nitrogens with two attached hydrogens (primary N) is 1. The fourth-order valence-corrected chi connectivity index (χ4v) is 16.8. The van der Waals surface area contributed by atoms with Crippen molar-refractivity contribution in [2.75, 3.05) is 159 Å². The van der Waals surface area contributed by atoms with E-state index in [0.717, 1.165) is 148 Å². The third-order valence-corrected chi connectivity index (χ3v) is 23.8. The fourth-order valence-electron chi connectivity index (χ4n) is 16.3. The van der Waals surface area contributed by atoms with Crippen molar-refractivity contribution in [3.63, 3.8) is 0 Å². The van der Waals surface area contributed by atoms with Gasteiger partial charge in [0.1, 0.15) is 0 Å². The van der Waals surface area contributed by atoms with Gasteiger partial charge in [-0.25, -0.2) is 18.7 Å². The Bertz CT molecular complexity index is 5520. The maximum Gasteiger partial charge on any atom is 0.305 e. The summed E-state index contributed by atoms with van der Waals surface area (Å²) in [6.07, 6.45) is 19.6. The van der Waals surface area contributed by atoms with Crippen molar-refractivity contribution in [1.29, 1.82) is 0 Å². The molecule has 36 heteroatoms.